The van der Waals surface area contributed by atoms with Gasteiger partial charge in [-0.2, -0.15) is 0 Å². The van der Waals surface area contributed by atoms with Crippen LogP contribution in [-0.4, -0.2) is 16.1 Å². The van der Waals surface area contributed by atoms with Crippen molar-refractivity contribution in [3.8, 4) is 0 Å². The molecule has 1 saturated carbocycles. The predicted molar refractivity (Wildman–Crippen MR) is 75.1 cm³/mol. The average Bonchev–Trinajstić information content (AvgIpc) is 3.10. The van der Waals surface area contributed by atoms with Gasteiger partial charge in [-0.25, -0.2) is 4.98 Å². The highest BCUT2D eigenvalue weighted by atomic mass is 35.5. The summed E-state index contributed by atoms with van der Waals surface area (Å²) in [5.74, 6) is 1.14. The van der Waals surface area contributed by atoms with Crippen molar-refractivity contribution >= 4 is 22.6 Å². The van der Waals surface area contributed by atoms with E-state index in [-0.39, 0.29) is 6.04 Å². The lowest BCUT2D eigenvalue weighted by Crippen LogP contribution is -2.21. The zero-order chi connectivity index (χ0) is 12.7. The van der Waals surface area contributed by atoms with Gasteiger partial charge in [0.25, 0.3) is 0 Å². The maximum atomic E-state index is 6.11. The molecule has 3 rings (SSSR count). The van der Waals surface area contributed by atoms with E-state index in [9.17, 15) is 0 Å². The minimum absolute atomic E-state index is 0.279. The summed E-state index contributed by atoms with van der Waals surface area (Å²) in [5, 5.41) is 4.23. The van der Waals surface area contributed by atoms with E-state index in [1.807, 2.05) is 18.2 Å². The lowest BCUT2D eigenvalue weighted by molar-refractivity contribution is 0.534. The topological polar surface area (TPSA) is 29.9 Å². The fourth-order valence-corrected chi connectivity index (χ4v) is 2.67. The van der Waals surface area contributed by atoms with Gasteiger partial charge in [0.15, 0.2) is 0 Å². The van der Waals surface area contributed by atoms with Gasteiger partial charge in [-0.05, 0) is 44.5 Å². The molecule has 4 heteroatoms. The van der Waals surface area contributed by atoms with Crippen LogP contribution in [-0.2, 0) is 0 Å². The molecule has 1 aliphatic rings. The fourth-order valence-electron chi connectivity index (χ4n) is 2.50. The number of rotatable bonds is 4. The number of fused-ring (bicyclic) bond motifs is 1. The Hall–Kier alpha value is -1.06. The Balaban J connectivity index is 2.15. The van der Waals surface area contributed by atoms with Gasteiger partial charge >= 0.3 is 0 Å². The lowest BCUT2D eigenvalue weighted by atomic mass is 10.3. The molecule has 96 valence electrons. The predicted octanol–water partition coefficient (Wildman–Crippen LogP) is 3.70. The number of benzene rings is 1. The van der Waals surface area contributed by atoms with Gasteiger partial charge in [0.1, 0.15) is 5.82 Å². The van der Waals surface area contributed by atoms with Gasteiger partial charge in [-0.3, -0.25) is 0 Å². The lowest BCUT2D eigenvalue weighted by Gasteiger charge is -2.14. The molecule has 1 aromatic carbocycles. The van der Waals surface area contributed by atoms with Crippen LogP contribution in [0.1, 0.15) is 44.6 Å². The maximum Gasteiger partial charge on any atom is 0.127 e. The third-order valence-electron chi connectivity index (χ3n) is 3.49. The zero-order valence-electron chi connectivity index (χ0n) is 10.8. The molecule has 1 aliphatic carbocycles. The van der Waals surface area contributed by atoms with Crippen molar-refractivity contribution in [2.75, 3.05) is 6.54 Å². The van der Waals surface area contributed by atoms with Crippen molar-refractivity contribution < 1.29 is 0 Å². The van der Waals surface area contributed by atoms with Crippen LogP contribution in [0.3, 0.4) is 0 Å². The third kappa shape index (κ3) is 2.02. The van der Waals surface area contributed by atoms with Crippen LogP contribution < -0.4 is 5.32 Å². The van der Waals surface area contributed by atoms with Crippen LogP contribution >= 0.6 is 11.6 Å². The van der Waals surface area contributed by atoms with Crippen molar-refractivity contribution in [1.82, 2.24) is 14.9 Å². The number of hydrogen-bond acceptors (Lipinski definition) is 2. The first-order chi connectivity index (χ1) is 8.70. The first-order valence-corrected chi connectivity index (χ1v) is 6.99. The Labute approximate surface area is 112 Å². The van der Waals surface area contributed by atoms with E-state index in [1.165, 1.54) is 18.4 Å². The van der Waals surface area contributed by atoms with E-state index >= 15 is 0 Å². The quantitative estimate of drug-likeness (QED) is 0.912. The molecule has 1 N–H and O–H groups in total. The molecule has 2 aromatic rings. The number of nitrogens with zero attached hydrogens (tertiary/aromatic N) is 2. The summed E-state index contributed by atoms with van der Waals surface area (Å²) in [5.41, 5.74) is 2.22. The Morgan fingerprint density at radius 1 is 1.50 bits per heavy atom. The van der Waals surface area contributed by atoms with E-state index in [0.29, 0.717) is 6.04 Å². The Bertz CT molecular complexity index is 572. The second-order valence-electron chi connectivity index (χ2n) is 4.98. The van der Waals surface area contributed by atoms with E-state index in [1.54, 1.807) is 0 Å². The number of hydrogen-bond donors (Lipinski definition) is 1. The summed E-state index contributed by atoms with van der Waals surface area (Å²) in [7, 11) is 0. The van der Waals surface area contributed by atoms with Crippen molar-refractivity contribution in [3.05, 3.63) is 29.0 Å². The van der Waals surface area contributed by atoms with Gasteiger partial charge in [-0.1, -0.05) is 18.5 Å². The highest BCUT2D eigenvalue weighted by Gasteiger charge is 2.29. The molecule has 3 nitrogen and oxygen atoms in total. The highest BCUT2D eigenvalue weighted by Crippen LogP contribution is 2.40. The summed E-state index contributed by atoms with van der Waals surface area (Å²) < 4.78 is 2.37. The van der Waals surface area contributed by atoms with Gasteiger partial charge in [0, 0.05) is 11.1 Å². The summed E-state index contributed by atoms with van der Waals surface area (Å²) in [6.45, 7) is 5.25. The molecule has 0 radical (unpaired) electrons. The largest absolute Gasteiger partial charge is 0.324 e. The summed E-state index contributed by atoms with van der Waals surface area (Å²) in [4.78, 5) is 4.78. The number of nitrogens with one attached hydrogen (secondary N) is 1. The number of aromatic nitrogens is 2. The molecule has 1 aromatic heterocycles. The molecule has 1 fully saturated rings. The van der Waals surface area contributed by atoms with E-state index in [0.717, 1.165) is 22.9 Å². The van der Waals surface area contributed by atoms with E-state index in [2.05, 4.69) is 23.7 Å². The summed E-state index contributed by atoms with van der Waals surface area (Å²) in [6.07, 6.45) is 2.51. The first-order valence-electron chi connectivity index (χ1n) is 6.61. The van der Waals surface area contributed by atoms with Gasteiger partial charge < -0.3 is 9.88 Å². The molecular formula is C14H18ClN3. The molecule has 1 heterocycles. The molecule has 0 spiro atoms. The molecule has 0 saturated heterocycles. The fraction of sp³-hybridized carbons (Fsp3) is 0.500. The van der Waals surface area contributed by atoms with Crippen molar-refractivity contribution in [3.63, 3.8) is 0 Å². The van der Waals surface area contributed by atoms with E-state index in [4.69, 9.17) is 16.6 Å². The Morgan fingerprint density at radius 3 is 2.94 bits per heavy atom. The molecular weight excluding hydrogens is 246 g/mol. The minimum Gasteiger partial charge on any atom is -0.324 e. The Kier molecular flexibility index (Phi) is 3.04. The van der Waals surface area contributed by atoms with Crippen LogP contribution in [0.15, 0.2) is 18.2 Å². The van der Waals surface area contributed by atoms with Crippen LogP contribution in [0.4, 0.5) is 0 Å². The summed E-state index contributed by atoms with van der Waals surface area (Å²) >= 11 is 6.11. The van der Waals surface area contributed by atoms with Gasteiger partial charge in [-0.15, -0.1) is 0 Å². The monoisotopic (exact) mass is 263 g/mol. The van der Waals surface area contributed by atoms with Crippen LogP contribution in [0.2, 0.25) is 5.02 Å². The molecule has 1 unspecified atom stereocenters. The average molecular weight is 264 g/mol. The smallest absolute Gasteiger partial charge is 0.127 e. The molecule has 1 atom stereocenters. The Morgan fingerprint density at radius 2 is 2.28 bits per heavy atom. The van der Waals surface area contributed by atoms with E-state index < -0.39 is 0 Å². The van der Waals surface area contributed by atoms with Crippen LogP contribution in [0.25, 0.3) is 11.0 Å². The zero-order valence-corrected chi connectivity index (χ0v) is 11.5. The van der Waals surface area contributed by atoms with Gasteiger partial charge in [0.05, 0.1) is 17.1 Å². The van der Waals surface area contributed by atoms with Crippen molar-refractivity contribution in [2.45, 2.75) is 38.8 Å². The second-order valence-corrected chi connectivity index (χ2v) is 5.42. The molecule has 18 heavy (non-hydrogen) atoms. The van der Waals surface area contributed by atoms with Crippen molar-refractivity contribution in [1.29, 1.82) is 0 Å². The SMILES string of the molecule is CCNC(C)c1nc2ccc(Cl)cc2n1C1CC1. The number of halogens is 1. The van der Waals surface area contributed by atoms with Crippen LogP contribution in [0.5, 0.6) is 0 Å². The molecule has 0 bridgehead atoms. The standard InChI is InChI=1S/C14H18ClN3/c1-3-16-9(2)14-17-12-7-4-10(15)8-13(12)18(14)11-5-6-11/h4,7-9,11,16H,3,5-6H2,1-2H3. The molecule has 0 aliphatic heterocycles. The normalized spacial score (nSPS) is 17.3. The minimum atomic E-state index is 0.279. The highest BCUT2D eigenvalue weighted by molar-refractivity contribution is 6.31. The van der Waals surface area contributed by atoms with Gasteiger partial charge in [0.2, 0.25) is 0 Å². The number of imidazole rings is 1. The van der Waals surface area contributed by atoms with Crippen molar-refractivity contribution in [2.24, 2.45) is 0 Å². The summed E-state index contributed by atoms with van der Waals surface area (Å²) in [6, 6.07) is 6.85. The maximum absolute atomic E-state index is 6.11. The second kappa shape index (κ2) is 4.56. The van der Waals surface area contributed by atoms with Crippen LogP contribution in [0, 0.1) is 0 Å². The third-order valence-corrected chi connectivity index (χ3v) is 3.72. The first kappa shape index (κ1) is 12.0. The molecule has 0 amide bonds.